The summed E-state index contributed by atoms with van der Waals surface area (Å²) in [5.41, 5.74) is -1.45. The molecule has 0 fully saturated rings. The van der Waals surface area contributed by atoms with Gasteiger partial charge in [-0.15, -0.1) is 0 Å². The molecule has 0 amide bonds. The first-order valence-electron chi connectivity index (χ1n) is 15.0. The van der Waals surface area contributed by atoms with Crippen LogP contribution in [0.5, 0.6) is 5.75 Å². The third kappa shape index (κ3) is 8.54. The van der Waals surface area contributed by atoms with E-state index in [-0.39, 0.29) is 17.2 Å². The molecule has 3 rings (SSSR count). The number of unbranched alkanes of at least 4 members (excludes halogenated alkanes) is 6. The van der Waals surface area contributed by atoms with Crippen molar-refractivity contribution in [3.8, 4) is 5.75 Å². The van der Waals surface area contributed by atoms with Crippen LogP contribution in [0.15, 0.2) is 72.6 Å². The van der Waals surface area contributed by atoms with Crippen LogP contribution in [0.25, 0.3) is 0 Å². The molecule has 0 spiro atoms. The van der Waals surface area contributed by atoms with E-state index in [0.29, 0.717) is 18.9 Å². The molecule has 3 unspecified atom stereocenters. The minimum atomic E-state index is -2.23. The smallest absolute Gasteiger partial charge is 0.338 e. The van der Waals surface area contributed by atoms with Gasteiger partial charge in [-0.1, -0.05) is 102 Å². The molecule has 0 bridgehead atoms. The fourth-order valence-electron chi connectivity index (χ4n) is 5.37. The van der Waals surface area contributed by atoms with Gasteiger partial charge in [0, 0.05) is 5.92 Å². The fraction of sp³-hybridized carbons (Fsp3) is 0.486. The van der Waals surface area contributed by atoms with E-state index in [1.165, 1.54) is 56.4 Å². The molecule has 41 heavy (non-hydrogen) atoms. The van der Waals surface area contributed by atoms with Crippen molar-refractivity contribution in [2.24, 2.45) is 5.92 Å². The van der Waals surface area contributed by atoms with Crippen molar-refractivity contribution in [2.45, 2.75) is 96.5 Å². The van der Waals surface area contributed by atoms with Crippen LogP contribution >= 0.6 is 0 Å². The predicted octanol–water partition coefficient (Wildman–Crippen LogP) is 7.60. The number of carbonyl (C=O) groups excluding carboxylic acids is 2. The molecule has 0 aliphatic heterocycles. The van der Waals surface area contributed by atoms with Crippen LogP contribution < -0.4 is 9.84 Å². The number of aliphatic carboxylic acids is 1. The summed E-state index contributed by atoms with van der Waals surface area (Å²) in [7, 11) is 0. The van der Waals surface area contributed by atoms with E-state index < -0.39 is 29.1 Å². The van der Waals surface area contributed by atoms with Crippen LogP contribution in [-0.4, -0.2) is 24.6 Å². The molecule has 222 valence electrons. The first-order valence-corrected chi connectivity index (χ1v) is 15.0. The topological polar surface area (TPSA) is 75.7 Å². The van der Waals surface area contributed by atoms with Gasteiger partial charge in [0.1, 0.15) is 17.0 Å². The number of benzene rings is 2. The maximum Gasteiger partial charge on any atom is 0.338 e. The minimum Gasteiger partial charge on any atom is -0.548 e. The molecule has 0 saturated carbocycles. The minimum absolute atomic E-state index is 0.00131. The van der Waals surface area contributed by atoms with Crippen LogP contribution in [0.2, 0.25) is 0 Å². The van der Waals surface area contributed by atoms with Gasteiger partial charge < -0.3 is 19.4 Å². The van der Waals surface area contributed by atoms with Crippen molar-refractivity contribution >= 4 is 11.9 Å². The highest BCUT2D eigenvalue weighted by Crippen LogP contribution is 2.42. The summed E-state index contributed by atoms with van der Waals surface area (Å²) in [4.78, 5) is 25.6. The number of hydrogen-bond donors (Lipinski definition) is 0. The third-order valence-electron chi connectivity index (χ3n) is 7.54. The van der Waals surface area contributed by atoms with Crippen LogP contribution in [0.3, 0.4) is 0 Å². The first-order chi connectivity index (χ1) is 19.7. The molecule has 0 heterocycles. The zero-order chi connectivity index (χ0) is 29.8. The number of carboxylic acid groups (broad SMARTS) is 1. The summed E-state index contributed by atoms with van der Waals surface area (Å²) >= 11 is 0. The lowest BCUT2D eigenvalue weighted by Gasteiger charge is -2.35. The van der Waals surface area contributed by atoms with E-state index in [1.54, 1.807) is 25.1 Å². The molecular weight excluding hydrogens is 519 g/mol. The van der Waals surface area contributed by atoms with E-state index in [2.05, 4.69) is 6.92 Å². The second kappa shape index (κ2) is 15.6. The lowest BCUT2D eigenvalue weighted by molar-refractivity contribution is -0.310. The third-order valence-corrected chi connectivity index (χ3v) is 7.54. The molecule has 0 N–H and O–H groups in total. The SMILES string of the molecule is CCCCCCCCCOc1ccc(C2C=CC(C(=O)[O-])(c3ccccc3C(=O)OC(C)CC(C)C)C(F)=C2)cc1. The maximum atomic E-state index is 15.9. The highest BCUT2D eigenvalue weighted by molar-refractivity contribution is 5.97. The number of carboxylic acids is 1. The summed E-state index contributed by atoms with van der Waals surface area (Å²) in [6.07, 6.45) is 13.0. The number of hydrogen-bond acceptors (Lipinski definition) is 5. The lowest BCUT2D eigenvalue weighted by Crippen LogP contribution is -2.47. The van der Waals surface area contributed by atoms with Gasteiger partial charge in [-0.3, -0.25) is 0 Å². The number of halogens is 1. The monoisotopic (exact) mass is 563 g/mol. The normalized spacial score (nSPS) is 19.1. The summed E-state index contributed by atoms with van der Waals surface area (Å²) in [6, 6.07) is 13.5. The molecular formula is C35H44FO5-. The largest absolute Gasteiger partial charge is 0.548 e. The van der Waals surface area contributed by atoms with E-state index >= 15 is 4.39 Å². The number of carbonyl (C=O) groups is 2. The predicted molar refractivity (Wildman–Crippen MR) is 158 cm³/mol. The molecule has 6 heteroatoms. The quantitative estimate of drug-likeness (QED) is 0.119. The van der Waals surface area contributed by atoms with Crippen molar-refractivity contribution in [3.63, 3.8) is 0 Å². The summed E-state index contributed by atoms with van der Waals surface area (Å²) in [6.45, 7) is 8.69. The van der Waals surface area contributed by atoms with Gasteiger partial charge in [-0.05, 0) is 61.1 Å². The number of esters is 1. The zero-order valence-electron chi connectivity index (χ0n) is 24.9. The van der Waals surface area contributed by atoms with Gasteiger partial charge >= 0.3 is 5.97 Å². The molecule has 1 aliphatic rings. The Kier molecular flexibility index (Phi) is 12.2. The van der Waals surface area contributed by atoms with Gasteiger partial charge in [-0.25, -0.2) is 9.18 Å². The average Bonchev–Trinajstić information content (AvgIpc) is 2.94. The Bertz CT molecular complexity index is 1200. The highest BCUT2D eigenvalue weighted by Gasteiger charge is 2.42. The summed E-state index contributed by atoms with van der Waals surface area (Å²) in [5.74, 6) is -2.67. The van der Waals surface area contributed by atoms with Crippen LogP contribution in [-0.2, 0) is 14.9 Å². The van der Waals surface area contributed by atoms with Crippen molar-refractivity contribution < 1.29 is 28.6 Å². The van der Waals surface area contributed by atoms with Gasteiger partial charge in [0.25, 0.3) is 0 Å². The van der Waals surface area contributed by atoms with Crippen molar-refractivity contribution in [1.82, 2.24) is 0 Å². The van der Waals surface area contributed by atoms with E-state index in [1.807, 2.05) is 38.1 Å². The standard InChI is InChI=1S/C35H45FO5/c1-5-6-7-8-9-10-13-22-40-29-18-16-27(17-19-29)28-20-21-35(34(38)39,32(36)24-28)31-15-12-11-14-30(31)33(37)41-26(4)23-25(2)3/h11-12,14-21,24-26,28H,5-10,13,22-23H2,1-4H3,(H,38,39)/p-1. The number of ether oxygens (including phenoxy) is 2. The summed E-state index contributed by atoms with van der Waals surface area (Å²) < 4.78 is 27.3. The Hall–Kier alpha value is -3.41. The Morgan fingerprint density at radius 1 is 0.951 bits per heavy atom. The van der Waals surface area contributed by atoms with E-state index in [4.69, 9.17) is 9.47 Å². The highest BCUT2D eigenvalue weighted by atomic mass is 19.1. The van der Waals surface area contributed by atoms with Crippen molar-refractivity contribution in [1.29, 1.82) is 0 Å². The molecule has 1 aliphatic carbocycles. The molecule has 0 aromatic heterocycles. The molecule has 3 atom stereocenters. The average molecular weight is 564 g/mol. The van der Waals surface area contributed by atoms with Gasteiger partial charge in [-0.2, -0.15) is 0 Å². The number of rotatable bonds is 16. The van der Waals surface area contributed by atoms with Gasteiger partial charge in [0.15, 0.2) is 0 Å². The fourth-order valence-corrected chi connectivity index (χ4v) is 5.37. The number of allylic oxidation sites excluding steroid dienone is 2. The Balaban J connectivity index is 1.71. The van der Waals surface area contributed by atoms with Crippen molar-refractivity contribution in [3.05, 3.63) is 89.3 Å². The molecule has 5 nitrogen and oxygen atoms in total. The van der Waals surface area contributed by atoms with E-state index in [9.17, 15) is 14.7 Å². The Labute approximate surface area is 244 Å². The molecule has 0 radical (unpaired) electrons. The first kappa shape index (κ1) is 32.1. The maximum absolute atomic E-state index is 15.9. The summed E-state index contributed by atoms with van der Waals surface area (Å²) in [5, 5.41) is 12.5. The second-order valence-electron chi connectivity index (χ2n) is 11.4. The van der Waals surface area contributed by atoms with Gasteiger partial charge in [0.05, 0.1) is 24.2 Å². The molecule has 0 saturated heterocycles. The Morgan fingerprint density at radius 2 is 1.61 bits per heavy atom. The van der Waals surface area contributed by atoms with Gasteiger partial charge in [0.2, 0.25) is 0 Å². The van der Waals surface area contributed by atoms with Crippen LogP contribution in [0.1, 0.15) is 106 Å². The van der Waals surface area contributed by atoms with Crippen LogP contribution in [0.4, 0.5) is 4.39 Å². The van der Waals surface area contributed by atoms with Crippen molar-refractivity contribution in [2.75, 3.05) is 6.61 Å². The lowest BCUT2D eigenvalue weighted by atomic mass is 9.72. The van der Waals surface area contributed by atoms with E-state index in [0.717, 1.165) is 24.2 Å². The second-order valence-corrected chi connectivity index (χ2v) is 11.4. The molecule has 2 aromatic carbocycles. The zero-order valence-corrected chi connectivity index (χ0v) is 24.9. The van der Waals surface area contributed by atoms with Crippen LogP contribution in [0, 0.1) is 5.92 Å². The molecule has 2 aromatic rings. The Morgan fingerprint density at radius 3 is 2.24 bits per heavy atom.